The minimum absolute atomic E-state index is 0.0888. The van der Waals surface area contributed by atoms with Gasteiger partial charge in [-0.05, 0) is 18.8 Å². The van der Waals surface area contributed by atoms with Crippen LogP contribution in [0.5, 0.6) is 0 Å². The second kappa shape index (κ2) is 8.31. The molecule has 0 spiro atoms. The number of amides is 2. The van der Waals surface area contributed by atoms with E-state index < -0.39 is 6.10 Å². The maximum atomic E-state index is 12.3. The van der Waals surface area contributed by atoms with Crippen molar-refractivity contribution >= 4 is 6.03 Å². The summed E-state index contributed by atoms with van der Waals surface area (Å²) >= 11 is 0. The van der Waals surface area contributed by atoms with Gasteiger partial charge in [-0.3, -0.25) is 0 Å². The maximum Gasteiger partial charge on any atom is 0.317 e. The third-order valence-electron chi connectivity index (χ3n) is 4.83. The largest absolute Gasteiger partial charge is 0.385 e. The maximum absolute atomic E-state index is 12.3. The zero-order chi connectivity index (χ0) is 18.5. The van der Waals surface area contributed by atoms with Crippen molar-refractivity contribution in [3.63, 3.8) is 0 Å². The number of urea groups is 1. The number of likely N-dealkylation sites (tertiary alicyclic amines) is 1. The van der Waals surface area contributed by atoms with Gasteiger partial charge in [-0.25, -0.2) is 9.78 Å². The van der Waals surface area contributed by atoms with E-state index in [1.165, 1.54) is 0 Å². The van der Waals surface area contributed by atoms with Crippen LogP contribution in [-0.4, -0.2) is 55.4 Å². The standard InChI is InChI=1S/C17H26N6O3/c1-3-14-20-13(21-26-14)4-7-19-17(25)23-9-5-12(6-10-23)15(24)16-18-8-11-22(16)2/h8,11-12,15,24H,3-7,9-10H2,1-2H3,(H,19,25)/t15-/m1/s1. The summed E-state index contributed by atoms with van der Waals surface area (Å²) < 4.78 is 6.89. The van der Waals surface area contributed by atoms with Gasteiger partial charge >= 0.3 is 6.03 Å². The molecular formula is C17H26N6O3. The lowest BCUT2D eigenvalue weighted by Crippen LogP contribution is -2.45. The Labute approximate surface area is 152 Å². The molecule has 1 atom stereocenters. The Bertz CT molecular complexity index is 720. The highest BCUT2D eigenvalue weighted by molar-refractivity contribution is 5.74. The number of imidazole rings is 1. The van der Waals surface area contributed by atoms with Gasteiger partial charge in [0.05, 0.1) is 0 Å². The predicted octanol–water partition coefficient (Wildman–Crippen LogP) is 1.06. The molecular weight excluding hydrogens is 336 g/mol. The first-order valence-electron chi connectivity index (χ1n) is 9.08. The number of aliphatic hydroxyl groups excluding tert-OH is 1. The van der Waals surface area contributed by atoms with Crippen LogP contribution in [0.15, 0.2) is 16.9 Å². The molecule has 9 nitrogen and oxygen atoms in total. The monoisotopic (exact) mass is 362 g/mol. The van der Waals surface area contributed by atoms with Gasteiger partial charge < -0.3 is 24.4 Å². The molecule has 2 aromatic heterocycles. The van der Waals surface area contributed by atoms with Gasteiger partial charge in [0.15, 0.2) is 5.82 Å². The number of rotatable bonds is 6. The number of carbonyl (C=O) groups is 1. The highest BCUT2D eigenvalue weighted by Crippen LogP contribution is 2.29. The lowest BCUT2D eigenvalue weighted by atomic mass is 9.91. The van der Waals surface area contributed by atoms with Gasteiger partial charge in [-0.15, -0.1) is 0 Å². The molecule has 26 heavy (non-hydrogen) atoms. The number of hydrogen-bond acceptors (Lipinski definition) is 6. The van der Waals surface area contributed by atoms with E-state index in [2.05, 4.69) is 20.4 Å². The molecule has 142 valence electrons. The molecule has 1 aliphatic rings. The topological polar surface area (TPSA) is 109 Å². The number of carbonyl (C=O) groups excluding carboxylic acids is 1. The van der Waals surface area contributed by atoms with Crippen molar-refractivity contribution in [2.24, 2.45) is 13.0 Å². The second-order valence-corrected chi connectivity index (χ2v) is 6.61. The van der Waals surface area contributed by atoms with E-state index in [1.807, 2.05) is 24.7 Å². The van der Waals surface area contributed by atoms with Crippen LogP contribution in [-0.2, 0) is 19.9 Å². The molecule has 0 aromatic carbocycles. The number of aliphatic hydroxyl groups is 1. The zero-order valence-corrected chi connectivity index (χ0v) is 15.3. The summed E-state index contributed by atoms with van der Waals surface area (Å²) in [6.07, 6.45) is 5.69. The second-order valence-electron chi connectivity index (χ2n) is 6.61. The molecule has 1 saturated heterocycles. The van der Waals surface area contributed by atoms with Crippen LogP contribution in [0.1, 0.15) is 43.4 Å². The molecule has 2 aromatic rings. The van der Waals surface area contributed by atoms with Crippen molar-refractivity contribution in [2.75, 3.05) is 19.6 Å². The Morgan fingerprint density at radius 3 is 2.85 bits per heavy atom. The first-order chi connectivity index (χ1) is 12.6. The van der Waals surface area contributed by atoms with E-state index in [0.29, 0.717) is 50.0 Å². The third kappa shape index (κ3) is 4.21. The molecule has 0 unspecified atom stereocenters. The summed E-state index contributed by atoms with van der Waals surface area (Å²) in [5.74, 6) is 2.02. The van der Waals surface area contributed by atoms with Gasteiger partial charge in [0.25, 0.3) is 0 Å². The van der Waals surface area contributed by atoms with Crippen molar-refractivity contribution < 1.29 is 14.4 Å². The normalized spacial score (nSPS) is 16.7. The van der Waals surface area contributed by atoms with Crippen LogP contribution in [0.2, 0.25) is 0 Å². The van der Waals surface area contributed by atoms with Crippen LogP contribution in [0, 0.1) is 5.92 Å². The summed E-state index contributed by atoms with van der Waals surface area (Å²) in [6, 6.07) is -0.0888. The fourth-order valence-corrected chi connectivity index (χ4v) is 3.22. The number of hydrogen-bond donors (Lipinski definition) is 2. The number of aromatic nitrogens is 4. The number of aryl methyl sites for hydroxylation is 2. The van der Waals surface area contributed by atoms with Crippen molar-refractivity contribution in [1.29, 1.82) is 0 Å². The average molecular weight is 362 g/mol. The lowest BCUT2D eigenvalue weighted by molar-refractivity contribution is 0.0584. The Hall–Kier alpha value is -2.42. The van der Waals surface area contributed by atoms with Gasteiger partial charge in [0.1, 0.15) is 11.9 Å². The fraction of sp³-hybridized carbons (Fsp3) is 0.647. The van der Waals surface area contributed by atoms with Gasteiger partial charge in [0, 0.05) is 51.9 Å². The summed E-state index contributed by atoms with van der Waals surface area (Å²) in [5, 5.41) is 17.3. The van der Waals surface area contributed by atoms with E-state index in [9.17, 15) is 9.90 Å². The highest BCUT2D eigenvalue weighted by Gasteiger charge is 2.30. The average Bonchev–Trinajstić information content (AvgIpc) is 3.30. The Morgan fingerprint density at radius 1 is 1.46 bits per heavy atom. The SMILES string of the molecule is CCc1nc(CCNC(=O)N2CCC([C@@H](O)c3nccn3C)CC2)no1. The molecule has 2 amide bonds. The van der Waals surface area contributed by atoms with E-state index in [1.54, 1.807) is 11.1 Å². The first kappa shape index (κ1) is 18.4. The molecule has 1 aliphatic heterocycles. The van der Waals surface area contributed by atoms with E-state index >= 15 is 0 Å². The van der Waals surface area contributed by atoms with Crippen molar-refractivity contribution in [3.8, 4) is 0 Å². The predicted molar refractivity (Wildman–Crippen MR) is 93.2 cm³/mol. The molecule has 2 N–H and O–H groups in total. The van der Waals surface area contributed by atoms with Gasteiger partial charge in [0.2, 0.25) is 5.89 Å². The smallest absolute Gasteiger partial charge is 0.317 e. The third-order valence-corrected chi connectivity index (χ3v) is 4.83. The number of nitrogens with zero attached hydrogens (tertiary/aromatic N) is 5. The van der Waals surface area contributed by atoms with E-state index in [4.69, 9.17) is 4.52 Å². The highest BCUT2D eigenvalue weighted by atomic mass is 16.5. The van der Waals surface area contributed by atoms with Crippen molar-refractivity contribution in [2.45, 2.75) is 38.7 Å². The molecule has 3 heterocycles. The van der Waals surface area contributed by atoms with Crippen molar-refractivity contribution in [1.82, 2.24) is 29.9 Å². The molecule has 1 fully saturated rings. The summed E-state index contributed by atoms with van der Waals surface area (Å²) in [6.45, 7) is 3.67. The van der Waals surface area contributed by atoms with E-state index in [-0.39, 0.29) is 11.9 Å². The Morgan fingerprint density at radius 2 is 2.23 bits per heavy atom. The molecule has 9 heteroatoms. The minimum Gasteiger partial charge on any atom is -0.385 e. The van der Waals surface area contributed by atoms with Gasteiger partial charge in [-0.2, -0.15) is 4.98 Å². The van der Waals surface area contributed by atoms with Crippen LogP contribution in [0.25, 0.3) is 0 Å². The van der Waals surface area contributed by atoms with Crippen molar-refractivity contribution in [3.05, 3.63) is 29.9 Å². The lowest BCUT2D eigenvalue weighted by Gasteiger charge is -2.34. The number of nitrogens with one attached hydrogen (secondary N) is 1. The summed E-state index contributed by atoms with van der Waals surface area (Å²) in [7, 11) is 1.88. The van der Waals surface area contributed by atoms with E-state index in [0.717, 1.165) is 12.8 Å². The first-order valence-corrected chi connectivity index (χ1v) is 9.08. The van der Waals surface area contributed by atoms with Crippen LogP contribution in [0.3, 0.4) is 0 Å². The zero-order valence-electron chi connectivity index (χ0n) is 15.3. The molecule has 0 aliphatic carbocycles. The number of piperidine rings is 1. The van der Waals surface area contributed by atoms with Gasteiger partial charge in [-0.1, -0.05) is 12.1 Å². The molecule has 0 saturated carbocycles. The van der Waals surface area contributed by atoms with Crippen LogP contribution in [0.4, 0.5) is 4.79 Å². The fourth-order valence-electron chi connectivity index (χ4n) is 3.22. The Balaban J connectivity index is 1.41. The Kier molecular flexibility index (Phi) is 5.87. The summed E-state index contributed by atoms with van der Waals surface area (Å²) in [4.78, 5) is 22.5. The molecule has 3 rings (SSSR count). The molecule has 0 radical (unpaired) electrons. The van der Waals surface area contributed by atoms with Crippen LogP contribution < -0.4 is 5.32 Å². The minimum atomic E-state index is -0.591. The summed E-state index contributed by atoms with van der Waals surface area (Å²) in [5.41, 5.74) is 0. The quantitative estimate of drug-likeness (QED) is 0.795. The van der Waals surface area contributed by atoms with Crippen LogP contribution >= 0.6 is 0 Å². The molecule has 0 bridgehead atoms.